The fraction of sp³-hybridized carbons (Fsp3) is 1.00. The molecule has 4 heteroatoms. The van der Waals surface area contributed by atoms with Crippen LogP contribution >= 0.6 is 0 Å². The van der Waals surface area contributed by atoms with Gasteiger partial charge in [-0.05, 0) is 37.8 Å². The molecule has 3 rings (SSSR count). The summed E-state index contributed by atoms with van der Waals surface area (Å²) in [5, 5.41) is 3.48. The standard InChI is InChI=1S/C8H16N4/c1-2-7-8(11-12-10-7)6-4-9-3-5(1)6/h5-12H,1-4H2. The Balaban J connectivity index is 1.81. The first kappa shape index (κ1) is 7.26. The highest BCUT2D eigenvalue weighted by molar-refractivity contribution is 5.00. The Bertz CT molecular complexity index is 164. The molecule has 1 saturated carbocycles. The van der Waals surface area contributed by atoms with E-state index in [0.29, 0.717) is 12.1 Å². The monoisotopic (exact) mass is 168 g/mol. The lowest BCUT2D eigenvalue weighted by Crippen LogP contribution is -2.47. The topological polar surface area (TPSA) is 48.1 Å². The molecule has 2 heterocycles. The molecule has 12 heavy (non-hydrogen) atoms. The van der Waals surface area contributed by atoms with Gasteiger partial charge in [0.1, 0.15) is 0 Å². The van der Waals surface area contributed by atoms with Crippen molar-refractivity contribution in [3.8, 4) is 0 Å². The molecule has 0 aromatic carbocycles. The normalized spacial score (nSPS) is 52.0. The minimum atomic E-state index is 0.652. The van der Waals surface area contributed by atoms with Crippen LogP contribution in [0.5, 0.6) is 0 Å². The molecule has 4 atom stereocenters. The molecular formula is C8H16N4. The van der Waals surface area contributed by atoms with E-state index in [1.165, 1.54) is 25.9 Å². The maximum atomic E-state index is 3.48. The molecule has 0 aromatic rings. The van der Waals surface area contributed by atoms with Crippen molar-refractivity contribution in [1.82, 2.24) is 21.7 Å². The Morgan fingerprint density at radius 3 is 3.00 bits per heavy atom. The Morgan fingerprint density at radius 1 is 1.00 bits per heavy atom. The molecule has 0 aromatic heterocycles. The first-order chi connectivity index (χ1) is 5.95. The lowest BCUT2D eigenvalue weighted by molar-refractivity contribution is 0.224. The maximum absolute atomic E-state index is 3.48. The van der Waals surface area contributed by atoms with Crippen LogP contribution in [0.15, 0.2) is 0 Å². The van der Waals surface area contributed by atoms with Gasteiger partial charge in [-0.25, -0.2) is 10.9 Å². The third-order valence-corrected chi connectivity index (χ3v) is 3.63. The molecule has 3 fully saturated rings. The SMILES string of the molecule is C1CC2NNNC2C2CNCC12. The van der Waals surface area contributed by atoms with Crippen molar-refractivity contribution in [2.45, 2.75) is 24.9 Å². The lowest BCUT2D eigenvalue weighted by atomic mass is 9.76. The zero-order chi connectivity index (χ0) is 7.97. The fourth-order valence-corrected chi connectivity index (χ4v) is 2.95. The second kappa shape index (κ2) is 2.67. The Hall–Kier alpha value is -0.160. The molecular weight excluding hydrogens is 152 g/mol. The average molecular weight is 168 g/mol. The number of rotatable bonds is 0. The van der Waals surface area contributed by atoms with Crippen LogP contribution in [-0.4, -0.2) is 25.2 Å². The van der Waals surface area contributed by atoms with E-state index in [4.69, 9.17) is 0 Å². The second-order valence-electron chi connectivity index (χ2n) is 4.21. The summed E-state index contributed by atoms with van der Waals surface area (Å²) in [4.78, 5) is 0. The van der Waals surface area contributed by atoms with Crippen LogP contribution in [0.4, 0.5) is 0 Å². The zero-order valence-corrected chi connectivity index (χ0v) is 7.14. The van der Waals surface area contributed by atoms with Crippen molar-refractivity contribution in [3.05, 3.63) is 0 Å². The van der Waals surface area contributed by atoms with E-state index in [0.717, 1.165) is 11.8 Å². The van der Waals surface area contributed by atoms with Crippen molar-refractivity contribution in [1.29, 1.82) is 0 Å². The third-order valence-electron chi connectivity index (χ3n) is 3.63. The Kier molecular flexibility index (Phi) is 1.61. The van der Waals surface area contributed by atoms with Crippen molar-refractivity contribution in [3.63, 3.8) is 0 Å². The summed E-state index contributed by atoms with van der Waals surface area (Å²) >= 11 is 0. The molecule has 0 radical (unpaired) electrons. The Labute approximate surface area is 72.4 Å². The molecule has 0 amide bonds. The summed E-state index contributed by atoms with van der Waals surface area (Å²) in [7, 11) is 0. The summed E-state index contributed by atoms with van der Waals surface area (Å²) in [6.45, 7) is 2.43. The zero-order valence-electron chi connectivity index (χ0n) is 7.14. The quantitative estimate of drug-likeness (QED) is 0.373. The summed E-state index contributed by atoms with van der Waals surface area (Å²) in [6.07, 6.45) is 2.70. The molecule has 4 unspecified atom stereocenters. The average Bonchev–Trinajstić information content (AvgIpc) is 2.71. The van der Waals surface area contributed by atoms with Gasteiger partial charge in [0.05, 0.1) is 0 Å². The predicted octanol–water partition coefficient (Wildman–Crippen LogP) is -1.03. The van der Waals surface area contributed by atoms with Crippen LogP contribution in [0.3, 0.4) is 0 Å². The van der Waals surface area contributed by atoms with Gasteiger partial charge in [-0.15, -0.1) is 0 Å². The molecule has 4 N–H and O–H groups in total. The van der Waals surface area contributed by atoms with Gasteiger partial charge in [-0.2, -0.15) is 5.53 Å². The number of nitrogens with one attached hydrogen (secondary N) is 4. The largest absolute Gasteiger partial charge is 0.316 e. The van der Waals surface area contributed by atoms with Crippen LogP contribution in [-0.2, 0) is 0 Å². The maximum Gasteiger partial charge on any atom is 0.0437 e. The van der Waals surface area contributed by atoms with E-state index in [1.807, 2.05) is 0 Å². The third kappa shape index (κ3) is 0.925. The molecule has 2 aliphatic heterocycles. The smallest absolute Gasteiger partial charge is 0.0437 e. The van der Waals surface area contributed by atoms with Gasteiger partial charge in [-0.1, -0.05) is 0 Å². The highest BCUT2D eigenvalue weighted by Gasteiger charge is 2.43. The minimum absolute atomic E-state index is 0.652. The van der Waals surface area contributed by atoms with Gasteiger partial charge < -0.3 is 5.32 Å². The fourth-order valence-electron chi connectivity index (χ4n) is 2.95. The number of hydrogen-bond acceptors (Lipinski definition) is 4. The van der Waals surface area contributed by atoms with Crippen molar-refractivity contribution in [2.75, 3.05) is 13.1 Å². The van der Waals surface area contributed by atoms with E-state index in [9.17, 15) is 0 Å². The molecule has 0 spiro atoms. The van der Waals surface area contributed by atoms with Crippen molar-refractivity contribution >= 4 is 0 Å². The Morgan fingerprint density at radius 2 is 2.00 bits per heavy atom. The first-order valence-electron chi connectivity index (χ1n) is 4.92. The van der Waals surface area contributed by atoms with Crippen LogP contribution in [0, 0.1) is 11.8 Å². The van der Waals surface area contributed by atoms with E-state index in [2.05, 4.69) is 21.7 Å². The van der Waals surface area contributed by atoms with Crippen molar-refractivity contribution in [2.24, 2.45) is 11.8 Å². The molecule has 4 nitrogen and oxygen atoms in total. The predicted molar refractivity (Wildman–Crippen MR) is 46.1 cm³/mol. The van der Waals surface area contributed by atoms with Crippen LogP contribution in [0.1, 0.15) is 12.8 Å². The lowest BCUT2D eigenvalue weighted by Gasteiger charge is -2.33. The number of fused-ring (bicyclic) bond motifs is 3. The van der Waals surface area contributed by atoms with Crippen molar-refractivity contribution < 1.29 is 0 Å². The van der Waals surface area contributed by atoms with Gasteiger partial charge in [0.15, 0.2) is 0 Å². The van der Waals surface area contributed by atoms with Gasteiger partial charge in [0, 0.05) is 12.1 Å². The summed E-state index contributed by atoms with van der Waals surface area (Å²) in [5.41, 5.74) is 9.66. The minimum Gasteiger partial charge on any atom is -0.316 e. The van der Waals surface area contributed by atoms with E-state index >= 15 is 0 Å². The van der Waals surface area contributed by atoms with Gasteiger partial charge in [-0.3, -0.25) is 0 Å². The number of hydrazine groups is 2. The van der Waals surface area contributed by atoms with Crippen LogP contribution < -0.4 is 21.7 Å². The summed E-state index contributed by atoms with van der Waals surface area (Å²) in [5.74, 6) is 1.76. The second-order valence-corrected chi connectivity index (χ2v) is 4.21. The van der Waals surface area contributed by atoms with E-state index < -0.39 is 0 Å². The number of hydrogen-bond donors (Lipinski definition) is 4. The summed E-state index contributed by atoms with van der Waals surface area (Å²) < 4.78 is 0. The highest BCUT2D eigenvalue weighted by Crippen LogP contribution is 2.33. The molecule has 0 bridgehead atoms. The molecule has 3 aliphatic rings. The first-order valence-corrected chi connectivity index (χ1v) is 4.92. The molecule has 2 saturated heterocycles. The van der Waals surface area contributed by atoms with Gasteiger partial charge >= 0.3 is 0 Å². The van der Waals surface area contributed by atoms with Gasteiger partial charge in [0.2, 0.25) is 0 Å². The van der Waals surface area contributed by atoms with E-state index in [1.54, 1.807) is 0 Å². The highest BCUT2D eigenvalue weighted by atomic mass is 15.7. The molecule has 1 aliphatic carbocycles. The van der Waals surface area contributed by atoms with E-state index in [-0.39, 0.29) is 0 Å². The van der Waals surface area contributed by atoms with Crippen LogP contribution in [0.2, 0.25) is 0 Å². The molecule has 68 valence electrons. The summed E-state index contributed by atoms with van der Waals surface area (Å²) in [6, 6.07) is 1.31. The van der Waals surface area contributed by atoms with Gasteiger partial charge in [0.25, 0.3) is 0 Å². The van der Waals surface area contributed by atoms with Crippen LogP contribution in [0.25, 0.3) is 0 Å².